The standard InChI is InChI=1S/C21H36N2/c1-6-9-11-16-20(7-2)22-17(4)18(5)23-21(8-3)19-14-12-10-13-15-19/h12,14-15,20-23H,4-11,13,16H2,1-3H3. The molecule has 0 amide bonds. The van der Waals surface area contributed by atoms with Crippen molar-refractivity contribution in [2.45, 2.75) is 84.2 Å². The van der Waals surface area contributed by atoms with Crippen LogP contribution in [0, 0.1) is 0 Å². The predicted octanol–water partition coefficient (Wildman–Crippen LogP) is 5.61. The zero-order valence-electron chi connectivity index (χ0n) is 15.5. The largest absolute Gasteiger partial charge is 0.381 e. The van der Waals surface area contributed by atoms with Gasteiger partial charge >= 0.3 is 0 Å². The third-order valence-electron chi connectivity index (χ3n) is 4.57. The summed E-state index contributed by atoms with van der Waals surface area (Å²) in [6.45, 7) is 15.1. The van der Waals surface area contributed by atoms with E-state index in [0.717, 1.165) is 37.1 Å². The van der Waals surface area contributed by atoms with Gasteiger partial charge in [-0.2, -0.15) is 0 Å². The third kappa shape index (κ3) is 7.11. The summed E-state index contributed by atoms with van der Waals surface area (Å²) >= 11 is 0. The Bertz CT molecular complexity index is 431. The van der Waals surface area contributed by atoms with Gasteiger partial charge in [0, 0.05) is 11.7 Å². The average Bonchev–Trinajstić information content (AvgIpc) is 2.59. The van der Waals surface area contributed by atoms with Gasteiger partial charge in [-0.15, -0.1) is 0 Å². The smallest absolute Gasteiger partial charge is 0.0508 e. The molecule has 2 atom stereocenters. The Morgan fingerprint density at radius 2 is 1.78 bits per heavy atom. The van der Waals surface area contributed by atoms with Crippen LogP contribution in [-0.4, -0.2) is 12.1 Å². The van der Waals surface area contributed by atoms with Crippen LogP contribution in [0.4, 0.5) is 0 Å². The SMILES string of the molecule is C=C(NC(CC)CCCCC)C(=C)NC(CC)C1=CCCC=C1. The average molecular weight is 317 g/mol. The first kappa shape index (κ1) is 19.6. The van der Waals surface area contributed by atoms with Crippen LogP contribution in [0.25, 0.3) is 0 Å². The first-order chi connectivity index (χ1) is 11.1. The molecular formula is C21H36N2. The molecule has 0 saturated carbocycles. The van der Waals surface area contributed by atoms with Gasteiger partial charge in [-0.05, 0) is 37.7 Å². The van der Waals surface area contributed by atoms with Gasteiger partial charge in [0.25, 0.3) is 0 Å². The maximum absolute atomic E-state index is 4.20. The second kappa shape index (κ2) is 11.2. The Kier molecular flexibility index (Phi) is 9.51. The maximum atomic E-state index is 4.20. The fourth-order valence-corrected chi connectivity index (χ4v) is 2.96. The highest BCUT2D eigenvalue weighted by Gasteiger charge is 2.14. The minimum absolute atomic E-state index is 0.331. The Balaban J connectivity index is 2.49. The van der Waals surface area contributed by atoms with Gasteiger partial charge in [0.05, 0.1) is 11.7 Å². The van der Waals surface area contributed by atoms with Crippen molar-refractivity contribution in [2.24, 2.45) is 0 Å². The lowest BCUT2D eigenvalue weighted by Gasteiger charge is -2.26. The number of rotatable bonds is 12. The van der Waals surface area contributed by atoms with Crippen LogP contribution in [0.1, 0.15) is 72.1 Å². The van der Waals surface area contributed by atoms with Crippen molar-refractivity contribution in [1.82, 2.24) is 10.6 Å². The van der Waals surface area contributed by atoms with Gasteiger partial charge < -0.3 is 10.6 Å². The quantitative estimate of drug-likeness (QED) is 0.361. The summed E-state index contributed by atoms with van der Waals surface area (Å²) in [5.74, 6) is 0. The van der Waals surface area contributed by atoms with Crippen LogP contribution in [0.5, 0.6) is 0 Å². The van der Waals surface area contributed by atoms with Gasteiger partial charge in [0.15, 0.2) is 0 Å². The summed E-state index contributed by atoms with van der Waals surface area (Å²) in [5, 5.41) is 7.12. The Hall–Kier alpha value is -1.44. The van der Waals surface area contributed by atoms with Gasteiger partial charge in [0.1, 0.15) is 0 Å². The number of nitrogens with one attached hydrogen (secondary N) is 2. The second-order valence-electron chi connectivity index (χ2n) is 6.49. The van der Waals surface area contributed by atoms with Crippen LogP contribution < -0.4 is 10.6 Å². The first-order valence-corrected chi connectivity index (χ1v) is 9.40. The molecule has 0 spiro atoms. The molecule has 0 saturated heterocycles. The van der Waals surface area contributed by atoms with E-state index < -0.39 is 0 Å². The van der Waals surface area contributed by atoms with Crippen molar-refractivity contribution in [3.63, 3.8) is 0 Å². The highest BCUT2D eigenvalue weighted by atomic mass is 15.0. The van der Waals surface area contributed by atoms with Gasteiger partial charge in [-0.25, -0.2) is 0 Å². The minimum atomic E-state index is 0.331. The molecule has 0 radical (unpaired) electrons. The van der Waals surface area contributed by atoms with Crippen LogP contribution in [0.15, 0.2) is 48.4 Å². The first-order valence-electron chi connectivity index (χ1n) is 9.40. The highest BCUT2D eigenvalue weighted by molar-refractivity contribution is 5.31. The lowest BCUT2D eigenvalue weighted by Crippen LogP contribution is -2.35. The van der Waals surface area contributed by atoms with E-state index in [2.05, 4.69) is 62.8 Å². The van der Waals surface area contributed by atoms with Crippen molar-refractivity contribution < 1.29 is 0 Å². The fraction of sp³-hybridized carbons (Fsp3) is 0.619. The molecule has 0 aliphatic heterocycles. The molecular weight excluding hydrogens is 280 g/mol. The molecule has 0 fully saturated rings. The van der Waals surface area contributed by atoms with Crippen molar-refractivity contribution >= 4 is 0 Å². The predicted molar refractivity (Wildman–Crippen MR) is 103 cm³/mol. The van der Waals surface area contributed by atoms with E-state index in [9.17, 15) is 0 Å². The molecule has 2 heteroatoms. The molecule has 1 aliphatic carbocycles. The molecule has 2 nitrogen and oxygen atoms in total. The van der Waals surface area contributed by atoms with Crippen LogP contribution in [0.2, 0.25) is 0 Å². The van der Waals surface area contributed by atoms with E-state index in [-0.39, 0.29) is 0 Å². The van der Waals surface area contributed by atoms with Crippen molar-refractivity contribution in [2.75, 3.05) is 0 Å². The van der Waals surface area contributed by atoms with Crippen molar-refractivity contribution in [3.05, 3.63) is 48.4 Å². The number of allylic oxidation sites excluding steroid dienone is 2. The normalized spacial score (nSPS) is 16.4. The third-order valence-corrected chi connectivity index (χ3v) is 4.57. The summed E-state index contributed by atoms with van der Waals surface area (Å²) in [7, 11) is 0. The summed E-state index contributed by atoms with van der Waals surface area (Å²) in [5.41, 5.74) is 3.24. The molecule has 0 aromatic carbocycles. The fourth-order valence-electron chi connectivity index (χ4n) is 2.96. The summed E-state index contributed by atoms with van der Waals surface area (Å²) in [6, 6.07) is 0.833. The molecule has 130 valence electrons. The van der Waals surface area contributed by atoms with Gasteiger partial charge in [-0.3, -0.25) is 0 Å². The summed E-state index contributed by atoms with van der Waals surface area (Å²) in [6.07, 6.45) is 16.4. The lowest BCUT2D eigenvalue weighted by atomic mass is 9.98. The Morgan fingerprint density at radius 3 is 2.35 bits per heavy atom. The van der Waals surface area contributed by atoms with Crippen LogP contribution >= 0.6 is 0 Å². The summed E-state index contributed by atoms with van der Waals surface area (Å²) in [4.78, 5) is 0. The molecule has 0 aromatic heterocycles. The maximum Gasteiger partial charge on any atom is 0.0508 e. The Morgan fingerprint density at radius 1 is 1.04 bits per heavy atom. The molecule has 2 N–H and O–H groups in total. The van der Waals surface area contributed by atoms with Gasteiger partial charge in [0.2, 0.25) is 0 Å². The highest BCUT2D eigenvalue weighted by Crippen LogP contribution is 2.18. The van der Waals surface area contributed by atoms with E-state index in [4.69, 9.17) is 0 Å². The minimum Gasteiger partial charge on any atom is -0.381 e. The second-order valence-corrected chi connectivity index (χ2v) is 6.49. The summed E-state index contributed by atoms with van der Waals surface area (Å²) < 4.78 is 0. The molecule has 1 aliphatic rings. The molecule has 0 heterocycles. The van der Waals surface area contributed by atoms with E-state index in [1.165, 1.54) is 31.3 Å². The number of hydrogen-bond donors (Lipinski definition) is 2. The van der Waals surface area contributed by atoms with E-state index in [1.54, 1.807) is 0 Å². The van der Waals surface area contributed by atoms with E-state index >= 15 is 0 Å². The van der Waals surface area contributed by atoms with Crippen LogP contribution in [0.3, 0.4) is 0 Å². The lowest BCUT2D eigenvalue weighted by molar-refractivity contribution is 0.481. The van der Waals surface area contributed by atoms with Crippen LogP contribution in [-0.2, 0) is 0 Å². The topological polar surface area (TPSA) is 24.1 Å². The molecule has 0 bridgehead atoms. The zero-order valence-corrected chi connectivity index (χ0v) is 15.5. The van der Waals surface area contributed by atoms with E-state index in [1.807, 2.05) is 0 Å². The Labute approximate surface area is 143 Å². The van der Waals surface area contributed by atoms with Crippen molar-refractivity contribution in [1.29, 1.82) is 0 Å². The van der Waals surface area contributed by atoms with Crippen molar-refractivity contribution in [3.8, 4) is 0 Å². The molecule has 0 aromatic rings. The van der Waals surface area contributed by atoms with E-state index in [0.29, 0.717) is 12.1 Å². The molecule has 1 rings (SSSR count). The zero-order chi connectivity index (χ0) is 17.1. The monoisotopic (exact) mass is 316 g/mol. The van der Waals surface area contributed by atoms with Gasteiger partial charge in [-0.1, -0.05) is 71.4 Å². The molecule has 23 heavy (non-hydrogen) atoms. The number of hydrogen-bond acceptors (Lipinski definition) is 2. The molecule has 2 unspecified atom stereocenters. The number of unbranched alkanes of at least 4 members (excludes halogenated alkanes) is 2.